The van der Waals surface area contributed by atoms with Crippen molar-refractivity contribution in [3.8, 4) is 33.4 Å². The fourth-order valence-electron chi connectivity index (χ4n) is 5.60. The Kier molecular flexibility index (Phi) is 6.54. The number of hydrogen-bond acceptors (Lipinski definition) is 2. The van der Waals surface area contributed by atoms with Gasteiger partial charge in [-0.3, -0.25) is 0 Å². The number of fused-ring (bicyclic) bond motifs is 1. The molecule has 1 aliphatic rings. The first-order valence-electron chi connectivity index (χ1n) is 13.3. The van der Waals surface area contributed by atoms with Gasteiger partial charge in [0.2, 0.25) is 0 Å². The van der Waals surface area contributed by atoms with Crippen LogP contribution in [-0.2, 0) is 15.6 Å². The molecule has 0 heterocycles. The summed E-state index contributed by atoms with van der Waals surface area (Å²) in [5.41, 5.74) is 10.9. The van der Waals surface area contributed by atoms with Gasteiger partial charge >= 0.3 is 5.97 Å². The molecule has 0 aliphatic heterocycles. The van der Waals surface area contributed by atoms with E-state index in [2.05, 4.69) is 88.4 Å². The molecular formula is C35H36O2. The van der Waals surface area contributed by atoms with Crippen molar-refractivity contribution in [1.82, 2.24) is 0 Å². The highest BCUT2D eigenvalue weighted by molar-refractivity contribution is 5.92. The van der Waals surface area contributed by atoms with E-state index in [0.29, 0.717) is 12.2 Å². The number of benzene rings is 4. The number of carbonyl (C=O) groups is 1. The standard InChI is InChI=1S/C35H36O2/c1-6-37-33(36)26-14-12-25(13-15-26)30-22-27(16-18-29(30)24-10-8-7-9-11-24)28-17-19-31-32(23-28)35(4,5)21-20-34(31,2)3/h7-19,22-23H,6,20-21H2,1-5H3. The number of hydrogen-bond donors (Lipinski definition) is 0. The van der Waals surface area contributed by atoms with Crippen LogP contribution in [0.2, 0.25) is 0 Å². The Bertz CT molecular complexity index is 1430. The van der Waals surface area contributed by atoms with Crippen molar-refractivity contribution in [1.29, 1.82) is 0 Å². The minimum absolute atomic E-state index is 0.163. The Balaban J connectivity index is 1.63. The maximum absolute atomic E-state index is 12.2. The van der Waals surface area contributed by atoms with Crippen LogP contribution in [0, 0.1) is 0 Å². The molecule has 0 saturated carbocycles. The number of esters is 1. The molecule has 188 valence electrons. The first-order chi connectivity index (χ1) is 17.7. The van der Waals surface area contributed by atoms with E-state index >= 15 is 0 Å². The zero-order chi connectivity index (χ0) is 26.2. The third-order valence-corrected chi connectivity index (χ3v) is 8.00. The monoisotopic (exact) mass is 488 g/mol. The summed E-state index contributed by atoms with van der Waals surface area (Å²) < 4.78 is 5.18. The SMILES string of the molecule is CCOC(=O)c1ccc(-c2cc(-c3ccc4c(c3)C(C)(C)CCC4(C)C)ccc2-c2ccccc2)cc1. The lowest BCUT2D eigenvalue weighted by molar-refractivity contribution is 0.0526. The average Bonchev–Trinajstić information content (AvgIpc) is 2.91. The summed E-state index contributed by atoms with van der Waals surface area (Å²) >= 11 is 0. The van der Waals surface area contributed by atoms with Crippen molar-refractivity contribution in [2.75, 3.05) is 6.61 Å². The van der Waals surface area contributed by atoms with Crippen molar-refractivity contribution in [2.24, 2.45) is 0 Å². The van der Waals surface area contributed by atoms with Crippen molar-refractivity contribution < 1.29 is 9.53 Å². The molecule has 0 unspecified atom stereocenters. The van der Waals surface area contributed by atoms with Crippen LogP contribution in [0.15, 0.2) is 91.0 Å². The van der Waals surface area contributed by atoms with Gasteiger partial charge in [-0.25, -0.2) is 4.79 Å². The highest BCUT2D eigenvalue weighted by Crippen LogP contribution is 2.47. The van der Waals surface area contributed by atoms with Crippen LogP contribution >= 0.6 is 0 Å². The second kappa shape index (κ2) is 9.67. The minimum atomic E-state index is -0.286. The van der Waals surface area contributed by atoms with E-state index in [1.165, 1.54) is 46.2 Å². The third-order valence-electron chi connectivity index (χ3n) is 8.00. The summed E-state index contributed by atoms with van der Waals surface area (Å²) in [7, 11) is 0. The van der Waals surface area contributed by atoms with Crippen LogP contribution in [0.4, 0.5) is 0 Å². The van der Waals surface area contributed by atoms with Gasteiger partial charge in [-0.05, 0) is 93.3 Å². The molecule has 0 aromatic heterocycles. The molecule has 0 bridgehead atoms. The van der Waals surface area contributed by atoms with Crippen LogP contribution in [0.3, 0.4) is 0 Å². The van der Waals surface area contributed by atoms with Crippen LogP contribution in [0.5, 0.6) is 0 Å². The maximum Gasteiger partial charge on any atom is 0.338 e. The zero-order valence-corrected chi connectivity index (χ0v) is 22.6. The van der Waals surface area contributed by atoms with E-state index < -0.39 is 0 Å². The van der Waals surface area contributed by atoms with E-state index in [0.717, 1.165) is 11.1 Å². The van der Waals surface area contributed by atoms with Gasteiger partial charge in [0.1, 0.15) is 0 Å². The lowest BCUT2D eigenvalue weighted by Gasteiger charge is -2.42. The second-order valence-corrected chi connectivity index (χ2v) is 11.5. The van der Waals surface area contributed by atoms with Crippen molar-refractivity contribution in [3.63, 3.8) is 0 Å². The Morgan fingerprint density at radius 1 is 0.649 bits per heavy atom. The molecule has 0 fully saturated rings. The molecule has 2 nitrogen and oxygen atoms in total. The molecule has 0 radical (unpaired) electrons. The molecule has 1 aliphatic carbocycles. The molecule has 4 aromatic carbocycles. The molecular weight excluding hydrogens is 452 g/mol. The summed E-state index contributed by atoms with van der Waals surface area (Å²) in [5.74, 6) is -0.286. The van der Waals surface area contributed by atoms with Crippen LogP contribution in [-0.4, -0.2) is 12.6 Å². The highest BCUT2D eigenvalue weighted by Gasteiger charge is 2.37. The minimum Gasteiger partial charge on any atom is -0.462 e. The Morgan fingerprint density at radius 3 is 1.89 bits per heavy atom. The molecule has 0 N–H and O–H groups in total. The van der Waals surface area contributed by atoms with Crippen LogP contribution in [0.1, 0.15) is 68.9 Å². The van der Waals surface area contributed by atoms with Gasteiger partial charge in [0, 0.05) is 0 Å². The molecule has 4 aromatic rings. The molecule has 2 heteroatoms. The van der Waals surface area contributed by atoms with Gasteiger partial charge in [-0.15, -0.1) is 0 Å². The predicted molar refractivity (Wildman–Crippen MR) is 154 cm³/mol. The average molecular weight is 489 g/mol. The first kappa shape index (κ1) is 25.0. The molecule has 0 amide bonds. The van der Waals surface area contributed by atoms with Crippen molar-refractivity contribution >= 4 is 5.97 Å². The highest BCUT2D eigenvalue weighted by atomic mass is 16.5. The fraction of sp³-hybridized carbons (Fsp3) is 0.286. The largest absolute Gasteiger partial charge is 0.462 e. The number of rotatable bonds is 5. The van der Waals surface area contributed by atoms with E-state index in [4.69, 9.17) is 4.74 Å². The molecule has 0 atom stereocenters. The summed E-state index contributed by atoms with van der Waals surface area (Å²) in [6.45, 7) is 11.7. The first-order valence-corrected chi connectivity index (χ1v) is 13.3. The van der Waals surface area contributed by atoms with Crippen LogP contribution in [0.25, 0.3) is 33.4 Å². The second-order valence-electron chi connectivity index (χ2n) is 11.5. The van der Waals surface area contributed by atoms with Gasteiger partial charge in [-0.2, -0.15) is 0 Å². The third kappa shape index (κ3) is 4.85. The van der Waals surface area contributed by atoms with Gasteiger partial charge < -0.3 is 4.74 Å². The summed E-state index contributed by atoms with van der Waals surface area (Å²) in [4.78, 5) is 12.2. The smallest absolute Gasteiger partial charge is 0.338 e. The fourth-order valence-corrected chi connectivity index (χ4v) is 5.60. The summed E-state index contributed by atoms with van der Waals surface area (Å²) in [5, 5.41) is 0. The van der Waals surface area contributed by atoms with Gasteiger partial charge in [0.05, 0.1) is 12.2 Å². The molecule has 0 spiro atoms. The van der Waals surface area contributed by atoms with E-state index in [9.17, 15) is 4.79 Å². The lowest BCUT2D eigenvalue weighted by Crippen LogP contribution is -2.33. The maximum atomic E-state index is 12.2. The quantitative estimate of drug-likeness (QED) is 0.262. The summed E-state index contributed by atoms with van der Waals surface area (Å²) in [6, 6.07) is 32.1. The Hall–Kier alpha value is -3.65. The van der Waals surface area contributed by atoms with E-state index in [1.807, 2.05) is 37.3 Å². The molecule has 0 saturated heterocycles. The summed E-state index contributed by atoms with van der Waals surface area (Å²) in [6.07, 6.45) is 2.41. The van der Waals surface area contributed by atoms with Crippen molar-refractivity contribution in [2.45, 2.75) is 58.3 Å². The molecule has 37 heavy (non-hydrogen) atoms. The lowest BCUT2D eigenvalue weighted by atomic mass is 9.63. The topological polar surface area (TPSA) is 26.3 Å². The van der Waals surface area contributed by atoms with E-state index in [-0.39, 0.29) is 16.8 Å². The molecule has 5 rings (SSSR count). The number of ether oxygens (including phenoxy) is 1. The number of carbonyl (C=O) groups excluding carboxylic acids is 1. The van der Waals surface area contributed by atoms with Gasteiger partial charge in [0.25, 0.3) is 0 Å². The Morgan fingerprint density at radius 2 is 1.22 bits per heavy atom. The van der Waals surface area contributed by atoms with E-state index in [1.54, 1.807) is 0 Å². The van der Waals surface area contributed by atoms with Crippen molar-refractivity contribution in [3.05, 3.63) is 108 Å². The Labute approximate surface area is 221 Å². The normalized spacial score (nSPS) is 15.6. The predicted octanol–water partition coefficient (Wildman–Crippen LogP) is 9.21. The van der Waals surface area contributed by atoms with Gasteiger partial charge in [0.15, 0.2) is 0 Å². The van der Waals surface area contributed by atoms with Gasteiger partial charge in [-0.1, -0.05) is 100 Å². The van der Waals surface area contributed by atoms with Crippen LogP contribution < -0.4 is 0 Å². The zero-order valence-electron chi connectivity index (χ0n) is 22.6.